The molecule has 3 aromatic rings. The molecule has 2 aliphatic rings. The largest absolute Gasteiger partial charge is 0.474 e. The van der Waals surface area contributed by atoms with Gasteiger partial charge in [0.2, 0.25) is 5.88 Å². The van der Waals surface area contributed by atoms with Crippen molar-refractivity contribution in [1.82, 2.24) is 9.97 Å². The second kappa shape index (κ2) is 6.65. The fourth-order valence-electron chi connectivity index (χ4n) is 3.92. The van der Waals surface area contributed by atoms with E-state index >= 15 is 0 Å². The molecule has 0 atom stereocenters. The quantitative estimate of drug-likeness (QED) is 0.741. The third-order valence-electron chi connectivity index (χ3n) is 5.31. The highest BCUT2D eigenvalue weighted by molar-refractivity contribution is 6.10. The molecule has 5 heteroatoms. The van der Waals surface area contributed by atoms with Crippen LogP contribution >= 0.6 is 0 Å². The van der Waals surface area contributed by atoms with Gasteiger partial charge in [-0.1, -0.05) is 6.07 Å². The molecule has 0 unspecified atom stereocenters. The Bertz CT molecular complexity index is 1040. The first-order valence-corrected chi connectivity index (χ1v) is 9.59. The Morgan fingerprint density at radius 1 is 1.07 bits per heavy atom. The van der Waals surface area contributed by atoms with Gasteiger partial charge in [0.1, 0.15) is 11.8 Å². The van der Waals surface area contributed by atoms with Crippen LogP contribution in [0.3, 0.4) is 0 Å². The van der Waals surface area contributed by atoms with Crippen LogP contribution < -0.4 is 10.1 Å². The highest BCUT2D eigenvalue weighted by Gasteiger charge is 2.19. The fraction of sp³-hybridized carbons (Fsp3) is 0.318. The van der Waals surface area contributed by atoms with Gasteiger partial charge in [-0.15, -0.1) is 0 Å². The molecular formula is C22H22N4O. The lowest BCUT2D eigenvalue weighted by atomic mass is 10.1. The lowest BCUT2D eigenvalue weighted by molar-refractivity contribution is 0.204. The molecule has 1 aliphatic carbocycles. The first-order valence-electron chi connectivity index (χ1n) is 9.59. The average molecular weight is 358 g/mol. The third kappa shape index (κ3) is 3.14. The van der Waals surface area contributed by atoms with Crippen LogP contribution in [0.15, 0.2) is 47.7 Å². The average Bonchev–Trinajstić information content (AvgIpc) is 3.32. The molecule has 0 radical (unpaired) electrons. The zero-order valence-electron chi connectivity index (χ0n) is 15.4. The molecule has 1 aliphatic heterocycles. The number of amidine groups is 1. The molecule has 0 amide bonds. The molecule has 0 saturated heterocycles. The maximum absolute atomic E-state index is 6.15. The number of anilines is 1. The second-order valence-electron chi connectivity index (χ2n) is 7.39. The summed E-state index contributed by atoms with van der Waals surface area (Å²) in [7, 11) is 0. The molecule has 0 bridgehead atoms. The molecule has 1 fully saturated rings. The fourth-order valence-corrected chi connectivity index (χ4v) is 3.92. The number of rotatable bonds is 3. The number of aryl methyl sites for hydroxylation is 1. The molecule has 5 rings (SSSR count). The predicted molar refractivity (Wildman–Crippen MR) is 107 cm³/mol. The van der Waals surface area contributed by atoms with Crippen molar-refractivity contribution in [2.45, 2.75) is 45.3 Å². The van der Waals surface area contributed by atoms with Gasteiger partial charge < -0.3 is 10.1 Å². The second-order valence-corrected chi connectivity index (χ2v) is 7.39. The minimum atomic E-state index is 0.305. The summed E-state index contributed by atoms with van der Waals surface area (Å²) in [5, 5.41) is 5.59. The van der Waals surface area contributed by atoms with Crippen LogP contribution in [0, 0.1) is 6.92 Å². The summed E-state index contributed by atoms with van der Waals surface area (Å²) in [6.45, 7) is 2.74. The Morgan fingerprint density at radius 3 is 2.85 bits per heavy atom. The van der Waals surface area contributed by atoms with Crippen molar-refractivity contribution in [2.24, 2.45) is 4.99 Å². The van der Waals surface area contributed by atoms with E-state index < -0.39 is 0 Å². The number of nitrogens with zero attached hydrogens (tertiary/aromatic N) is 3. The summed E-state index contributed by atoms with van der Waals surface area (Å²) in [5.74, 6) is 1.58. The van der Waals surface area contributed by atoms with Crippen LogP contribution in [-0.4, -0.2) is 21.9 Å². The van der Waals surface area contributed by atoms with Gasteiger partial charge in [0.05, 0.1) is 6.54 Å². The van der Waals surface area contributed by atoms with Crippen molar-refractivity contribution < 1.29 is 4.74 Å². The Kier molecular flexibility index (Phi) is 4.00. The Hall–Kier alpha value is -2.95. The minimum absolute atomic E-state index is 0.305. The van der Waals surface area contributed by atoms with Gasteiger partial charge >= 0.3 is 0 Å². The molecule has 27 heavy (non-hydrogen) atoms. The number of hydrogen-bond acceptors (Lipinski definition) is 5. The van der Waals surface area contributed by atoms with Gasteiger partial charge in [-0.05, 0) is 67.8 Å². The first kappa shape index (κ1) is 16.2. The van der Waals surface area contributed by atoms with E-state index in [1.807, 2.05) is 18.5 Å². The van der Waals surface area contributed by atoms with E-state index in [1.54, 1.807) is 0 Å². The van der Waals surface area contributed by atoms with Crippen molar-refractivity contribution in [2.75, 3.05) is 5.32 Å². The van der Waals surface area contributed by atoms with E-state index in [-0.39, 0.29) is 0 Å². The van der Waals surface area contributed by atoms with Crippen molar-refractivity contribution in [3.8, 4) is 5.88 Å². The Morgan fingerprint density at radius 2 is 1.96 bits per heavy atom. The van der Waals surface area contributed by atoms with Gasteiger partial charge in [0.15, 0.2) is 5.84 Å². The summed E-state index contributed by atoms with van der Waals surface area (Å²) >= 11 is 0. The van der Waals surface area contributed by atoms with Gasteiger partial charge in [-0.25, -0.2) is 4.98 Å². The predicted octanol–water partition coefficient (Wildman–Crippen LogP) is 4.63. The SMILES string of the molecule is Cc1cnc2c(c1)CN=C2Nc1ccc2c(OC3CCCC3)nccc2c1. The van der Waals surface area contributed by atoms with Gasteiger partial charge in [0, 0.05) is 29.0 Å². The summed E-state index contributed by atoms with van der Waals surface area (Å²) < 4.78 is 6.15. The molecule has 1 N–H and O–H groups in total. The molecule has 136 valence electrons. The molecule has 3 heterocycles. The van der Waals surface area contributed by atoms with E-state index in [1.165, 1.54) is 18.4 Å². The number of benzene rings is 1. The van der Waals surface area contributed by atoms with Gasteiger partial charge in [-0.3, -0.25) is 9.98 Å². The molecule has 0 spiro atoms. The van der Waals surface area contributed by atoms with E-state index in [4.69, 9.17) is 4.74 Å². The Labute approximate surface area is 158 Å². The van der Waals surface area contributed by atoms with Crippen LogP contribution in [0.2, 0.25) is 0 Å². The lowest BCUT2D eigenvalue weighted by Crippen LogP contribution is -2.13. The molecule has 1 saturated carbocycles. The molecule has 1 aromatic carbocycles. The highest BCUT2D eigenvalue weighted by Crippen LogP contribution is 2.30. The van der Waals surface area contributed by atoms with Gasteiger partial charge in [-0.2, -0.15) is 0 Å². The number of ether oxygens (including phenoxy) is 1. The molecular weight excluding hydrogens is 336 g/mol. The zero-order valence-corrected chi connectivity index (χ0v) is 15.4. The van der Waals surface area contributed by atoms with E-state index in [9.17, 15) is 0 Å². The molecule has 5 nitrogen and oxygen atoms in total. The van der Waals surface area contributed by atoms with Crippen LogP contribution in [0.25, 0.3) is 10.8 Å². The maximum Gasteiger partial charge on any atom is 0.221 e. The van der Waals surface area contributed by atoms with E-state index in [0.29, 0.717) is 12.6 Å². The molecule has 2 aromatic heterocycles. The van der Waals surface area contributed by atoms with Crippen LogP contribution in [0.5, 0.6) is 5.88 Å². The van der Waals surface area contributed by atoms with Crippen molar-refractivity contribution in [1.29, 1.82) is 0 Å². The van der Waals surface area contributed by atoms with Crippen molar-refractivity contribution in [3.63, 3.8) is 0 Å². The number of fused-ring (bicyclic) bond motifs is 2. The number of pyridine rings is 2. The van der Waals surface area contributed by atoms with Crippen molar-refractivity contribution in [3.05, 3.63) is 59.5 Å². The number of hydrogen-bond donors (Lipinski definition) is 1. The van der Waals surface area contributed by atoms with E-state index in [0.717, 1.165) is 52.3 Å². The highest BCUT2D eigenvalue weighted by atomic mass is 16.5. The Balaban J connectivity index is 1.41. The summed E-state index contributed by atoms with van der Waals surface area (Å²) in [4.78, 5) is 13.6. The smallest absolute Gasteiger partial charge is 0.221 e. The topological polar surface area (TPSA) is 59.4 Å². The van der Waals surface area contributed by atoms with E-state index in [2.05, 4.69) is 51.5 Å². The lowest BCUT2D eigenvalue weighted by Gasteiger charge is -2.14. The number of aromatic nitrogens is 2. The summed E-state index contributed by atoms with van der Waals surface area (Å²) in [6, 6.07) is 10.4. The monoisotopic (exact) mass is 358 g/mol. The first-order chi connectivity index (χ1) is 13.3. The minimum Gasteiger partial charge on any atom is -0.474 e. The zero-order chi connectivity index (χ0) is 18.2. The van der Waals surface area contributed by atoms with Crippen LogP contribution in [-0.2, 0) is 6.54 Å². The summed E-state index contributed by atoms with van der Waals surface area (Å²) in [6.07, 6.45) is 8.77. The number of aliphatic imine (C=N–C) groups is 1. The van der Waals surface area contributed by atoms with Crippen molar-refractivity contribution >= 4 is 22.3 Å². The standard InChI is InChI=1S/C22H22N4O/c1-14-10-16-13-25-21(20(16)24-12-14)26-17-6-7-19-15(11-17)8-9-23-22(19)27-18-4-2-3-5-18/h6-12,18H,2-5,13H2,1H3,(H,25,26). The maximum atomic E-state index is 6.15. The van der Waals surface area contributed by atoms with Gasteiger partial charge in [0.25, 0.3) is 0 Å². The summed E-state index contributed by atoms with van der Waals surface area (Å²) in [5.41, 5.74) is 4.28. The normalized spacial score (nSPS) is 16.4. The van der Waals surface area contributed by atoms with Crippen LogP contribution in [0.4, 0.5) is 5.69 Å². The third-order valence-corrected chi connectivity index (χ3v) is 5.31. The van der Waals surface area contributed by atoms with Crippen LogP contribution in [0.1, 0.15) is 42.5 Å². The number of nitrogens with one attached hydrogen (secondary N) is 1.